The Balaban J connectivity index is 2.21. The number of carbonyl (C=O) groups excluding carboxylic acids is 1. The zero-order chi connectivity index (χ0) is 13.3. The third kappa shape index (κ3) is 2.01. The minimum atomic E-state index is -0.935. The van der Waals surface area contributed by atoms with Crippen LogP contribution in [0, 0.1) is 0 Å². The Morgan fingerprint density at radius 2 is 2.33 bits per heavy atom. The first-order valence-electron chi connectivity index (χ1n) is 5.86. The number of ether oxygens (including phenoxy) is 2. The molecule has 2 rings (SSSR count). The zero-order valence-electron chi connectivity index (χ0n) is 10.5. The highest BCUT2D eigenvalue weighted by molar-refractivity contribution is 5.86. The number of benzene rings is 1. The van der Waals surface area contributed by atoms with Gasteiger partial charge in [0, 0.05) is 5.92 Å². The van der Waals surface area contributed by atoms with E-state index in [1.807, 2.05) is 6.92 Å². The summed E-state index contributed by atoms with van der Waals surface area (Å²) in [4.78, 5) is 11.5. The van der Waals surface area contributed by atoms with E-state index < -0.39 is 11.5 Å². The molecule has 18 heavy (non-hydrogen) atoms. The second kappa shape index (κ2) is 4.49. The molecular weight excluding hydrogens is 234 g/mol. The molecule has 0 heterocycles. The third-order valence-electron chi connectivity index (χ3n) is 3.26. The van der Waals surface area contributed by atoms with Gasteiger partial charge in [-0.25, -0.2) is 0 Å². The fourth-order valence-corrected chi connectivity index (χ4v) is 2.13. The van der Waals surface area contributed by atoms with Crippen LogP contribution in [0.3, 0.4) is 0 Å². The summed E-state index contributed by atoms with van der Waals surface area (Å²) in [6.45, 7) is 2.30. The molecule has 0 aliphatic heterocycles. The van der Waals surface area contributed by atoms with Crippen LogP contribution in [-0.2, 0) is 9.53 Å². The van der Waals surface area contributed by atoms with Crippen LogP contribution < -0.4 is 10.5 Å². The molecule has 1 aromatic carbocycles. The van der Waals surface area contributed by atoms with Gasteiger partial charge in [-0.05, 0) is 31.0 Å². The number of phenolic OH excluding ortho intramolecular Hbond substituents is 1. The lowest BCUT2D eigenvalue weighted by Gasteiger charge is -2.11. The Bertz CT molecular complexity index is 474. The Morgan fingerprint density at radius 3 is 2.94 bits per heavy atom. The van der Waals surface area contributed by atoms with E-state index in [0.717, 1.165) is 5.56 Å². The van der Waals surface area contributed by atoms with Crippen molar-refractivity contribution in [3.63, 3.8) is 0 Å². The van der Waals surface area contributed by atoms with Gasteiger partial charge >= 0.3 is 5.97 Å². The van der Waals surface area contributed by atoms with E-state index in [-0.39, 0.29) is 11.7 Å². The predicted molar refractivity (Wildman–Crippen MR) is 65.6 cm³/mol. The average molecular weight is 251 g/mol. The summed E-state index contributed by atoms with van der Waals surface area (Å²) < 4.78 is 9.99. The molecule has 1 aliphatic rings. The van der Waals surface area contributed by atoms with Crippen molar-refractivity contribution < 1.29 is 19.4 Å². The number of nitrogens with two attached hydrogens (primary N) is 1. The van der Waals surface area contributed by atoms with E-state index in [9.17, 15) is 9.90 Å². The highest BCUT2D eigenvalue weighted by Gasteiger charge is 2.59. The Hall–Kier alpha value is -1.75. The van der Waals surface area contributed by atoms with E-state index in [1.165, 1.54) is 7.11 Å². The summed E-state index contributed by atoms with van der Waals surface area (Å²) in [5, 5.41) is 9.61. The highest BCUT2D eigenvalue weighted by atomic mass is 16.5. The summed E-state index contributed by atoms with van der Waals surface area (Å²) in [6.07, 6.45) is 0.552. The molecule has 0 amide bonds. The van der Waals surface area contributed by atoms with Crippen molar-refractivity contribution in [3.8, 4) is 11.5 Å². The summed E-state index contributed by atoms with van der Waals surface area (Å²) in [5.74, 6) is 0.0133. The SMILES string of the molecule is CCOc1cc(C2CC2(N)C(=O)OC)ccc1O. The van der Waals surface area contributed by atoms with Crippen LogP contribution in [0.25, 0.3) is 0 Å². The maximum atomic E-state index is 11.5. The van der Waals surface area contributed by atoms with E-state index in [1.54, 1.807) is 18.2 Å². The van der Waals surface area contributed by atoms with Gasteiger partial charge in [-0.1, -0.05) is 6.07 Å². The van der Waals surface area contributed by atoms with Crippen LogP contribution in [0.2, 0.25) is 0 Å². The molecule has 0 spiro atoms. The fraction of sp³-hybridized carbons (Fsp3) is 0.462. The molecule has 1 fully saturated rings. The first kappa shape index (κ1) is 12.7. The van der Waals surface area contributed by atoms with Crippen LogP contribution in [0.5, 0.6) is 11.5 Å². The van der Waals surface area contributed by atoms with Gasteiger partial charge in [0.1, 0.15) is 5.54 Å². The molecule has 0 radical (unpaired) electrons. The highest BCUT2D eigenvalue weighted by Crippen LogP contribution is 2.51. The van der Waals surface area contributed by atoms with Crippen molar-refractivity contribution in [2.24, 2.45) is 5.73 Å². The number of carbonyl (C=O) groups is 1. The van der Waals surface area contributed by atoms with Crippen molar-refractivity contribution in [3.05, 3.63) is 23.8 Å². The van der Waals surface area contributed by atoms with Crippen LogP contribution in [-0.4, -0.2) is 30.3 Å². The lowest BCUT2D eigenvalue weighted by atomic mass is 10.1. The number of methoxy groups -OCH3 is 1. The Labute approximate surface area is 106 Å². The second-order valence-corrected chi connectivity index (χ2v) is 4.45. The molecule has 0 aromatic heterocycles. The number of hydrogen-bond acceptors (Lipinski definition) is 5. The molecule has 5 nitrogen and oxygen atoms in total. The fourth-order valence-electron chi connectivity index (χ4n) is 2.13. The van der Waals surface area contributed by atoms with Crippen LogP contribution in [0.4, 0.5) is 0 Å². The summed E-state index contributed by atoms with van der Waals surface area (Å²) >= 11 is 0. The largest absolute Gasteiger partial charge is 0.504 e. The summed E-state index contributed by atoms with van der Waals surface area (Å²) in [6, 6.07) is 5.03. The maximum Gasteiger partial charge on any atom is 0.326 e. The van der Waals surface area contributed by atoms with Crippen molar-refractivity contribution in [1.82, 2.24) is 0 Å². The summed E-state index contributed by atoms with van der Waals surface area (Å²) in [7, 11) is 1.33. The molecule has 1 aromatic rings. The maximum absolute atomic E-state index is 11.5. The Kier molecular flexibility index (Phi) is 3.17. The number of aromatic hydroxyl groups is 1. The van der Waals surface area contributed by atoms with Crippen molar-refractivity contribution in [2.75, 3.05) is 13.7 Å². The van der Waals surface area contributed by atoms with Crippen molar-refractivity contribution >= 4 is 5.97 Å². The minimum Gasteiger partial charge on any atom is -0.504 e. The first-order chi connectivity index (χ1) is 8.52. The number of hydrogen-bond donors (Lipinski definition) is 2. The molecule has 98 valence electrons. The lowest BCUT2D eigenvalue weighted by molar-refractivity contribution is -0.143. The van der Waals surface area contributed by atoms with Gasteiger partial charge in [-0.2, -0.15) is 0 Å². The average Bonchev–Trinajstić information content (AvgIpc) is 3.05. The third-order valence-corrected chi connectivity index (χ3v) is 3.26. The summed E-state index contributed by atoms with van der Waals surface area (Å²) in [5.41, 5.74) is 5.90. The van der Waals surface area contributed by atoms with Gasteiger partial charge < -0.3 is 20.3 Å². The molecule has 0 bridgehead atoms. The van der Waals surface area contributed by atoms with Gasteiger partial charge in [0.05, 0.1) is 13.7 Å². The molecule has 2 atom stereocenters. The molecule has 3 N–H and O–H groups in total. The molecule has 1 aliphatic carbocycles. The molecule has 5 heteroatoms. The van der Waals surface area contributed by atoms with Crippen molar-refractivity contribution in [2.45, 2.75) is 24.8 Å². The predicted octanol–water partition coefficient (Wildman–Crippen LogP) is 1.15. The number of esters is 1. The first-order valence-corrected chi connectivity index (χ1v) is 5.86. The molecule has 2 unspecified atom stereocenters. The molecular formula is C13H17NO4. The number of phenols is 1. The van der Waals surface area contributed by atoms with E-state index in [2.05, 4.69) is 4.74 Å². The van der Waals surface area contributed by atoms with Crippen LogP contribution in [0.1, 0.15) is 24.8 Å². The normalized spacial score (nSPS) is 25.6. The van der Waals surface area contributed by atoms with E-state index >= 15 is 0 Å². The van der Waals surface area contributed by atoms with E-state index in [0.29, 0.717) is 18.8 Å². The minimum absolute atomic E-state index is 0.0789. The standard InChI is InChI=1S/C13H17NO4/c1-3-18-11-6-8(4-5-10(11)15)9-7-13(9,14)12(16)17-2/h4-6,9,15H,3,7,14H2,1-2H3. The van der Waals surface area contributed by atoms with Gasteiger partial charge in [-0.3, -0.25) is 4.79 Å². The zero-order valence-corrected chi connectivity index (χ0v) is 10.5. The lowest BCUT2D eigenvalue weighted by Crippen LogP contribution is -2.35. The van der Waals surface area contributed by atoms with Crippen LogP contribution >= 0.6 is 0 Å². The topological polar surface area (TPSA) is 81.8 Å². The molecule has 1 saturated carbocycles. The van der Waals surface area contributed by atoms with E-state index in [4.69, 9.17) is 10.5 Å². The monoisotopic (exact) mass is 251 g/mol. The quantitative estimate of drug-likeness (QED) is 0.784. The second-order valence-electron chi connectivity index (χ2n) is 4.45. The Morgan fingerprint density at radius 1 is 1.61 bits per heavy atom. The van der Waals surface area contributed by atoms with Crippen LogP contribution in [0.15, 0.2) is 18.2 Å². The molecule has 0 saturated heterocycles. The van der Waals surface area contributed by atoms with Gasteiger partial charge in [-0.15, -0.1) is 0 Å². The van der Waals surface area contributed by atoms with Crippen molar-refractivity contribution in [1.29, 1.82) is 0 Å². The number of rotatable bonds is 4. The smallest absolute Gasteiger partial charge is 0.326 e. The van der Waals surface area contributed by atoms with Gasteiger partial charge in [0.15, 0.2) is 11.5 Å². The van der Waals surface area contributed by atoms with Gasteiger partial charge in [0.2, 0.25) is 0 Å². The van der Waals surface area contributed by atoms with Gasteiger partial charge in [0.25, 0.3) is 0 Å².